The number of carbonyl (C=O) groups excluding carboxylic acids is 4. The number of halogens is 2. The highest BCUT2D eigenvalue weighted by Crippen LogP contribution is 2.32. The number of nitrogens with zero attached hydrogens (tertiary/aromatic N) is 1. The minimum Gasteiger partial charge on any atom is -0.454 e. The fourth-order valence-electron chi connectivity index (χ4n) is 2.73. The van der Waals surface area contributed by atoms with E-state index in [0.29, 0.717) is 0 Å². The molecule has 1 heterocycles. The number of esters is 1. The van der Waals surface area contributed by atoms with Crippen LogP contribution in [0.25, 0.3) is 0 Å². The molecule has 1 N–H and O–H groups in total. The Bertz CT molecular complexity index is 751. The van der Waals surface area contributed by atoms with E-state index in [9.17, 15) is 19.2 Å². The van der Waals surface area contributed by atoms with E-state index in [-0.39, 0.29) is 27.2 Å². The molecule has 1 atom stereocenters. The van der Waals surface area contributed by atoms with Gasteiger partial charge in [-0.25, -0.2) is 4.79 Å². The van der Waals surface area contributed by atoms with Crippen molar-refractivity contribution in [3.05, 3.63) is 33.3 Å². The second-order valence-corrected chi connectivity index (χ2v) is 6.97. The van der Waals surface area contributed by atoms with E-state index in [4.69, 9.17) is 27.9 Å². The molecule has 0 aliphatic carbocycles. The van der Waals surface area contributed by atoms with Crippen molar-refractivity contribution in [2.45, 2.75) is 45.7 Å². The van der Waals surface area contributed by atoms with Crippen molar-refractivity contribution in [2.24, 2.45) is 0 Å². The molecular formula is C18H20Cl2N2O5. The number of ether oxygens (including phenoxy) is 1. The molecule has 0 aromatic heterocycles. The number of carbonyl (C=O) groups is 4. The number of nitrogens with one attached hydrogen (secondary N) is 1. The van der Waals surface area contributed by atoms with E-state index in [0.717, 1.165) is 17.7 Å². The Morgan fingerprint density at radius 2 is 1.56 bits per heavy atom. The van der Waals surface area contributed by atoms with Crippen LogP contribution in [-0.4, -0.2) is 47.3 Å². The summed E-state index contributed by atoms with van der Waals surface area (Å²) < 4.78 is 4.96. The zero-order valence-corrected chi connectivity index (χ0v) is 16.7. The molecule has 0 saturated heterocycles. The first-order valence-electron chi connectivity index (χ1n) is 8.54. The molecule has 146 valence electrons. The maximum Gasteiger partial charge on any atom is 0.329 e. The first-order valence-corrected chi connectivity index (χ1v) is 9.29. The second-order valence-electron chi connectivity index (χ2n) is 6.16. The minimum atomic E-state index is -1.20. The number of hydrogen-bond acceptors (Lipinski definition) is 5. The molecule has 1 aliphatic heterocycles. The van der Waals surface area contributed by atoms with Gasteiger partial charge in [0.2, 0.25) is 0 Å². The van der Waals surface area contributed by atoms with Crippen LogP contribution in [0.15, 0.2) is 12.1 Å². The summed E-state index contributed by atoms with van der Waals surface area (Å²) in [4.78, 5) is 49.8. The van der Waals surface area contributed by atoms with E-state index in [1.165, 1.54) is 19.1 Å². The number of benzene rings is 1. The van der Waals surface area contributed by atoms with Gasteiger partial charge in [-0.1, -0.05) is 37.0 Å². The van der Waals surface area contributed by atoms with Crippen LogP contribution in [0.4, 0.5) is 0 Å². The molecule has 2 rings (SSSR count). The minimum absolute atomic E-state index is 0.000593. The lowest BCUT2D eigenvalue weighted by atomic mass is 10.1. The number of fused-ring (bicyclic) bond motifs is 1. The number of imide groups is 1. The summed E-state index contributed by atoms with van der Waals surface area (Å²) in [5.74, 6) is -2.63. The van der Waals surface area contributed by atoms with Crippen LogP contribution in [0, 0.1) is 0 Å². The van der Waals surface area contributed by atoms with Gasteiger partial charge >= 0.3 is 5.97 Å². The van der Waals surface area contributed by atoms with Crippen LogP contribution in [0.5, 0.6) is 0 Å². The van der Waals surface area contributed by atoms with Crippen LogP contribution in [-0.2, 0) is 14.3 Å². The molecule has 0 radical (unpaired) electrons. The zero-order valence-electron chi connectivity index (χ0n) is 15.2. The van der Waals surface area contributed by atoms with Crippen molar-refractivity contribution >= 4 is 46.9 Å². The Labute approximate surface area is 166 Å². The molecule has 0 saturated carbocycles. The van der Waals surface area contributed by atoms with Crippen molar-refractivity contribution in [3.63, 3.8) is 0 Å². The Balaban J connectivity index is 2.04. The maximum atomic E-state index is 12.5. The van der Waals surface area contributed by atoms with Gasteiger partial charge in [-0.2, -0.15) is 0 Å². The van der Waals surface area contributed by atoms with Gasteiger partial charge in [0, 0.05) is 6.04 Å². The molecule has 0 fully saturated rings. The molecule has 27 heavy (non-hydrogen) atoms. The smallest absolute Gasteiger partial charge is 0.329 e. The molecule has 1 aliphatic rings. The third-order valence-corrected chi connectivity index (χ3v) is 5.11. The SMILES string of the molecule is CCC(CC)NC(=O)COC(=O)[C@H](C)N1C(=O)c2cc(Cl)c(Cl)cc2C1=O. The van der Waals surface area contributed by atoms with E-state index in [1.807, 2.05) is 13.8 Å². The molecule has 3 amide bonds. The van der Waals surface area contributed by atoms with Gasteiger partial charge in [0.15, 0.2) is 6.61 Å². The van der Waals surface area contributed by atoms with Crippen molar-refractivity contribution in [1.82, 2.24) is 10.2 Å². The van der Waals surface area contributed by atoms with Crippen molar-refractivity contribution < 1.29 is 23.9 Å². The van der Waals surface area contributed by atoms with Crippen LogP contribution in [0.2, 0.25) is 10.0 Å². The fraction of sp³-hybridized carbons (Fsp3) is 0.444. The fourth-order valence-corrected chi connectivity index (χ4v) is 3.06. The third kappa shape index (κ3) is 4.42. The van der Waals surface area contributed by atoms with Gasteiger partial charge in [0.25, 0.3) is 17.7 Å². The van der Waals surface area contributed by atoms with Gasteiger partial charge in [-0.3, -0.25) is 19.3 Å². The molecule has 7 nitrogen and oxygen atoms in total. The van der Waals surface area contributed by atoms with E-state index >= 15 is 0 Å². The average molecular weight is 415 g/mol. The summed E-state index contributed by atoms with van der Waals surface area (Å²) in [5, 5.41) is 2.99. The first kappa shape index (κ1) is 21.2. The second kappa shape index (κ2) is 8.71. The quantitative estimate of drug-likeness (QED) is 0.546. The number of rotatable bonds is 7. The molecule has 9 heteroatoms. The topological polar surface area (TPSA) is 92.8 Å². The van der Waals surface area contributed by atoms with Gasteiger partial charge < -0.3 is 10.1 Å². The lowest BCUT2D eigenvalue weighted by Crippen LogP contribution is -2.45. The largest absolute Gasteiger partial charge is 0.454 e. The Morgan fingerprint density at radius 1 is 1.07 bits per heavy atom. The van der Waals surface area contributed by atoms with Gasteiger partial charge in [0.1, 0.15) is 6.04 Å². The molecule has 1 aromatic carbocycles. The van der Waals surface area contributed by atoms with E-state index < -0.39 is 36.3 Å². The molecule has 0 spiro atoms. The number of hydrogen-bond donors (Lipinski definition) is 1. The Hall–Kier alpha value is -2.12. The van der Waals surface area contributed by atoms with Crippen molar-refractivity contribution in [3.8, 4) is 0 Å². The van der Waals surface area contributed by atoms with E-state index in [1.54, 1.807) is 0 Å². The summed E-state index contributed by atoms with van der Waals surface area (Å²) in [5.41, 5.74) is 0.140. The van der Waals surface area contributed by atoms with Crippen molar-refractivity contribution in [1.29, 1.82) is 0 Å². The summed E-state index contributed by atoms with van der Waals surface area (Å²) >= 11 is 11.8. The van der Waals surface area contributed by atoms with Gasteiger partial charge in [0.05, 0.1) is 21.2 Å². The predicted molar refractivity (Wildman–Crippen MR) is 99.9 cm³/mol. The molecular weight excluding hydrogens is 395 g/mol. The maximum absolute atomic E-state index is 12.5. The van der Waals surface area contributed by atoms with E-state index in [2.05, 4.69) is 5.32 Å². The van der Waals surface area contributed by atoms with Crippen LogP contribution in [0.3, 0.4) is 0 Å². The molecule has 0 unspecified atom stereocenters. The Morgan fingerprint density at radius 3 is 2.00 bits per heavy atom. The summed E-state index contributed by atoms with van der Waals surface area (Å²) in [7, 11) is 0. The molecule has 1 aromatic rings. The average Bonchev–Trinajstić information content (AvgIpc) is 2.87. The van der Waals surface area contributed by atoms with Gasteiger partial charge in [-0.05, 0) is 31.9 Å². The van der Waals surface area contributed by atoms with Crippen LogP contribution < -0.4 is 5.32 Å². The lowest BCUT2D eigenvalue weighted by Gasteiger charge is -2.21. The standard InChI is InChI=1S/C18H20Cl2N2O5/c1-4-10(5-2)21-15(23)8-27-18(26)9(3)22-16(24)11-6-13(19)14(20)7-12(11)17(22)25/h6-7,9-10H,4-5,8H2,1-3H3,(H,21,23)/t9-/m0/s1. The summed E-state index contributed by atoms with van der Waals surface area (Å²) in [6, 6.07) is 1.39. The summed E-state index contributed by atoms with van der Waals surface area (Å²) in [6.45, 7) is 4.74. The predicted octanol–water partition coefficient (Wildman–Crippen LogP) is 2.83. The third-order valence-electron chi connectivity index (χ3n) is 4.38. The zero-order chi connectivity index (χ0) is 20.3. The highest BCUT2D eigenvalue weighted by atomic mass is 35.5. The number of amides is 3. The normalized spacial score (nSPS) is 14.4. The monoisotopic (exact) mass is 414 g/mol. The van der Waals surface area contributed by atoms with Crippen molar-refractivity contribution in [2.75, 3.05) is 6.61 Å². The summed E-state index contributed by atoms with van der Waals surface area (Å²) in [6.07, 6.45) is 1.51. The van der Waals surface area contributed by atoms with Crippen LogP contribution >= 0.6 is 23.2 Å². The van der Waals surface area contributed by atoms with Gasteiger partial charge in [-0.15, -0.1) is 0 Å². The lowest BCUT2D eigenvalue weighted by molar-refractivity contribution is -0.152. The Kier molecular flexibility index (Phi) is 6.84. The highest BCUT2D eigenvalue weighted by Gasteiger charge is 2.42. The van der Waals surface area contributed by atoms with Crippen LogP contribution in [0.1, 0.15) is 54.3 Å². The molecule has 0 bridgehead atoms. The first-order chi connectivity index (χ1) is 12.7. The highest BCUT2D eigenvalue weighted by molar-refractivity contribution is 6.43.